The van der Waals surface area contributed by atoms with E-state index in [0.717, 1.165) is 30.0 Å². The largest absolute Gasteiger partial charge is 0.456 e. The molecule has 3 atom stereocenters. The molecule has 1 N–H and O–H groups in total. The summed E-state index contributed by atoms with van der Waals surface area (Å²) in [6.45, 7) is -0.223. The van der Waals surface area contributed by atoms with Gasteiger partial charge >= 0.3 is 5.97 Å². The summed E-state index contributed by atoms with van der Waals surface area (Å²) in [5.74, 6) is 1.43. The molecule has 2 saturated carbocycles. The Balaban J connectivity index is 1.27. The van der Waals surface area contributed by atoms with Crippen LogP contribution in [0.3, 0.4) is 0 Å². The summed E-state index contributed by atoms with van der Waals surface area (Å²) in [6.07, 6.45) is 6.19. The van der Waals surface area contributed by atoms with E-state index in [2.05, 4.69) is 17.4 Å². The molecule has 2 aromatic carbocycles. The van der Waals surface area contributed by atoms with Crippen molar-refractivity contribution >= 4 is 17.6 Å². The standard InChI is InChI=1S/C24H27NO3/c26-23(16-28-24(27)15-21-14-18-10-11-19(21)13-18)25-22-9-5-4-8-20(22)12-17-6-2-1-3-7-17/h1-9,18-19,21H,10-16H2,(H,25,26)/t18-,19+,21-/m0/s1. The quantitative estimate of drug-likeness (QED) is 0.718. The Morgan fingerprint density at radius 2 is 1.75 bits per heavy atom. The Labute approximate surface area is 166 Å². The van der Waals surface area contributed by atoms with Gasteiger partial charge in [-0.25, -0.2) is 0 Å². The number of anilines is 1. The van der Waals surface area contributed by atoms with Gasteiger partial charge in [-0.1, -0.05) is 55.0 Å². The van der Waals surface area contributed by atoms with Gasteiger partial charge in [0.25, 0.3) is 5.91 Å². The monoisotopic (exact) mass is 377 g/mol. The highest BCUT2D eigenvalue weighted by atomic mass is 16.5. The van der Waals surface area contributed by atoms with Crippen LogP contribution in [-0.4, -0.2) is 18.5 Å². The summed E-state index contributed by atoms with van der Waals surface area (Å²) in [4.78, 5) is 24.4. The van der Waals surface area contributed by atoms with Gasteiger partial charge < -0.3 is 10.1 Å². The topological polar surface area (TPSA) is 55.4 Å². The Bertz CT molecular complexity index is 833. The number of carbonyl (C=O) groups is 2. The van der Waals surface area contributed by atoms with E-state index in [4.69, 9.17) is 4.74 Å². The lowest BCUT2D eigenvalue weighted by atomic mass is 9.86. The van der Waals surface area contributed by atoms with Crippen LogP contribution in [0.25, 0.3) is 0 Å². The first-order valence-corrected chi connectivity index (χ1v) is 10.2. The minimum atomic E-state index is -0.290. The smallest absolute Gasteiger partial charge is 0.306 e. The molecule has 4 nitrogen and oxygen atoms in total. The lowest BCUT2D eigenvalue weighted by molar-refractivity contribution is -0.148. The molecule has 2 aliphatic carbocycles. The molecule has 0 unspecified atom stereocenters. The molecule has 0 heterocycles. The number of amides is 1. The van der Waals surface area contributed by atoms with Crippen molar-refractivity contribution in [3.63, 3.8) is 0 Å². The Morgan fingerprint density at radius 1 is 0.964 bits per heavy atom. The number of para-hydroxylation sites is 1. The maximum Gasteiger partial charge on any atom is 0.306 e. The van der Waals surface area contributed by atoms with Crippen molar-refractivity contribution in [2.75, 3.05) is 11.9 Å². The molecule has 0 aliphatic heterocycles. The highest BCUT2D eigenvalue weighted by Crippen LogP contribution is 2.49. The second-order valence-electron chi connectivity index (χ2n) is 8.17. The fourth-order valence-electron chi connectivity index (χ4n) is 4.84. The number of carbonyl (C=O) groups excluding carboxylic acids is 2. The van der Waals surface area contributed by atoms with Gasteiger partial charge in [0.05, 0.1) is 0 Å². The third-order valence-corrected chi connectivity index (χ3v) is 6.21. The summed E-state index contributed by atoms with van der Waals surface area (Å²) >= 11 is 0. The lowest BCUT2D eigenvalue weighted by Gasteiger charge is -2.20. The second kappa shape index (κ2) is 8.59. The summed E-state index contributed by atoms with van der Waals surface area (Å²) in [5.41, 5.74) is 2.98. The van der Waals surface area contributed by atoms with Crippen LogP contribution >= 0.6 is 0 Å². The fourth-order valence-corrected chi connectivity index (χ4v) is 4.84. The number of rotatable bonds is 7. The highest BCUT2D eigenvalue weighted by Gasteiger charge is 2.40. The number of nitrogens with one attached hydrogen (secondary N) is 1. The van der Waals surface area contributed by atoms with Crippen LogP contribution in [0, 0.1) is 17.8 Å². The second-order valence-corrected chi connectivity index (χ2v) is 8.17. The summed E-state index contributed by atoms with van der Waals surface area (Å²) in [5, 5.41) is 2.89. The average molecular weight is 377 g/mol. The van der Waals surface area contributed by atoms with Crippen molar-refractivity contribution in [1.29, 1.82) is 0 Å². The molecule has 4 rings (SSSR count). The van der Waals surface area contributed by atoms with Crippen molar-refractivity contribution in [3.8, 4) is 0 Å². The predicted octanol–water partition coefficient (Wildman–Crippen LogP) is 4.59. The average Bonchev–Trinajstić information content (AvgIpc) is 3.32. The Hall–Kier alpha value is -2.62. The van der Waals surface area contributed by atoms with Crippen LogP contribution in [-0.2, 0) is 20.7 Å². The van der Waals surface area contributed by atoms with E-state index in [1.54, 1.807) is 0 Å². The van der Waals surface area contributed by atoms with Crippen molar-refractivity contribution < 1.29 is 14.3 Å². The number of benzene rings is 2. The SMILES string of the molecule is O=C(COC(=O)C[C@@H]1C[C@H]2CC[C@@H]1C2)Nc1ccccc1Cc1ccccc1. The van der Waals surface area contributed by atoms with Gasteiger partial charge in [-0.05, 0) is 60.6 Å². The number of hydrogen-bond acceptors (Lipinski definition) is 3. The minimum Gasteiger partial charge on any atom is -0.456 e. The minimum absolute atomic E-state index is 0.223. The maximum absolute atomic E-state index is 12.3. The van der Waals surface area contributed by atoms with Gasteiger partial charge in [0.15, 0.2) is 6.61 Å². The first-order chi connectivity index (χ1) is 13.7. The molecule has 0 spiro atoms. The molecule has 4 heteroatoms. The molecule has 0 saturated heterocycles. The van der Waals surface area contributed by atoms with Gasteiger partial charge in [-0.3, -0.25) is 9.59 Å². The summed E-state index contributed by atoms with van der Waals surface area (Å²) in [6, 6.07) is 17.9. The van der Waals surface area contributed by atoms with E-state index in [9.17, 15) is 9.59 Å². The molecule has 2 bridgehead atoms. The van der Waals surface area contributed by atoms with E-state index >= 15 is 0 Å². The molecule has 2 fully saturated rings. The fraction of sp³-hybridized carbons (Fsp3) is 0.417. The predicted molar refractivity (Wildman–Crippen MR) is 109 cm³/mol. The molecule has 28 heavy (non-hydrogen) atoms. The number of ether oxygens (including phenoxy) is 1. The molecule has 2 aromatic rings. The zero-order valence-electron chi connectivity index (χ0n) is 16.1. The molecule has 1 amide bonds. The Kier molecular flexibility index (Phi) is 5.75. The highest BCUT2D eigenvalue weighted by molar-refractivity contribution is 5.93. The van der Waals surface area contributed by atoms with Gasteiger partial charge in [0.2, 0.25) is 0 Å². The van der Waals surface area contributed by atoms with Crippen LogP contribution in [0.5, 0.6) is 0 Å². The van der Waals surface area contributed by atoms with Crippen LogP contribution in [0.1, 0.15) is 43.2 Å². The van der Waals surface area contributed by atoms with E-state index in [1.807, 2.05) is 42.5 Å². The lowest BCUT2D eigenvalue weighted by Crippen LogP contribution is -2.23. The molecular weight excluding hydrogens is 350 g/mol. The first-order valence-electron chi connectivity index (χ1n) is 10.2. The van der Waals surface area contributed by atoms with Gasteiger partial charge in [0.1, 0.15) is 0 Å². The first kappa shape index (κ1) is 18.7. The molecule has 0 radical (unpaired) electrons. The van der Waals surface area contributed by atoms with Crippen molar-refractivity contribution in [2.24, 2.45) is 17.8 Å². The van der Waals surface area contributed by atoms with Gasteiger partial charge in [-0.15, -0.1) is 0 Å². The zero-order chi connectivity index (χ0) is 19.3. The van der Waals surface area contributed by atoms with Crippen LogP contribution in [0.2, 0.25) is 0 Å². The van der Waals surface area contributed by atoms with Crippen molar-refractivity contribution in [1.82, 2.24) is 0 Å². The number of hydrogen-bond donors (Lipinski definition) is 1. The normalized spacial score (nSPS) is 22.8. The van der Waals surface area contributed by atoms with Crippen LogP contribution in [0.4, 0.5) is 5.69 Å². The number of fused-ring (bicyclic) bond motifs is 2. The molecule has 146 valence electrons. The van der Waals surface area contributed by atoms with E-state index in [-0.39, 0.29) is 18.5 Å². The third kappa shape index (κ3) is 4.61. The number of esters is 1. The van der Waals surface area contributed by atoms with E-state index in [1.165, 1.54) is 24.8 Å². The molecule has 2 aliphatic rings. The van der Waals surface area contributed by atoms with Crippen molar-refractivity contribution in [3.05, 3.63) is 65.7 Å². The van der Waals surface area contributed by atoms with Crippen LogP contribution in [0.15, 0.2) is 54.6 Å². The zero-order valence-corrected chi connectivity index (χ0v) is 16.1. The third-order valence-electron chi connectivity index (χ3n) is 6.21. The van der Waals surface area contributed by atoms with Gasteiger partial charge in [0, 0.05) is 12.1 Å². The molecular formula is C24H27NO3. The molecule has 0 aromatic heterocycles. The van der Waals surface area contributed by atoms with Gasteiger partial charge in [-0.2, -0.15) is 0 Å². The Morgan fingerprint density at radius 3 is 2.50 bits per heavy atom. The van der Waals surface area contributed by atoms with Crippen LogP contribution < -0.4 is 5.32 Å². The van der Waals surface area contributed by atoms with Crippen molar-refractivity contribution in [2.45, 2.75) is 38.5 Å². The van der Waals surface area contributed by atoms with E-state index < -0.39 is 0 Å². The maximum atomic E-state index is 12.3. The van der Waals surface area contributed by atoms with E-state index in [0.29, 0.717) is 18.3 Å². The summed E-state index contributed by atoms with van der Waals surface area (Å²) in [7, 11) is 0. The summed E-state index contributed by atoms with van der Waals surface area (Å²) < 4.78 is 5.25.